The third-order valence-corrected chi connectivity index (χ3v) is 6.87. The fraction of sp³-hybridized carbons (Fsp3) is 0.550. The number of hydrogen-bond donors (Lipinski definition) is 4. The van der Waals surface area contributed by atoms with Gasteiger partial charge < -0.3 is 29.9 Å². The molecule has 0 radical (unpaired) electrons. The molecule has 0 unspecified atom stereocenters. The van der Waals surface area contributed by atoms with Gasteiger partial charge in [0, 0.05) is 38.4 Å². The number of rotatable bonds is 6. The minimum absolute atomic E-state index is 0.231. The molecular weight excluding hydrogens is 424 g/mol. The van der Waals surface area contributed by atoms with E-state index in [4.69, 9.17) is 4.74 Å². The SMILES string of the molecule is CN1CCN(c2ccc(/C=C(\C#N)S(=O)(=O)NC[C@H]3OC[C@H](O)[C@@H](O)[C@@H]3O)cc2)CC1. The van der Waals surface area contributed by atoms with Crippen LogP contribution in [-0.4, -0.2) is 99.4 Å². The number of nitriles is 1. The highest BCUT2D eigenvalue weighted by molar-refractivity contribution is 7.93. The summed E-state index contributed by atoms with van der Waals surface area (Å²) in [6.45, 7) is 3.18. The van der Waals surface area contributed by atoms with Crippen LogP contribution in [0, 0.1) is 11.3 Å². The van der Waals surface area contributed by atoms with E-state index in [1.54, 1.807) is 18.2 Å². The molecule has 2 fully saturated rings. The number of sulfonamides is 1. The number of likely N-dealkylation sites (N-methyl/N-ethyl adjacent to an activating group) is 1. The van der Waals surface area contributed by atoms with Crippen molar-refractivity contribution in [3.8, 4) is 6.07 Å². The first-order valence-electron chi connectivity index (χ1n) is 10.0. The van der Waals surface area contributed by atoms with Gasteiger partial charge in [-0.1, -0.05) is 12.1 Å². The third kappa shape index (κ3) is 5.81. The maximum absolute atomic E-state index is 12.5. The number of nitrogens with one attached hydrogen (secondary N) is 1. The summed E-state index contributed by atoms with van der Waals surface area (Å²) in [5, 5.41) is 38.5. The summed E-state index contributed by atoms with van der Waals surface area (Å²) < 4.78 is 32.5. The highest BCUT2D eigenvalue weighted by atomic mass is 32.2. The number of benzene rings is 1. The van der Waals surface area contributed by atoms with Crippen molar-refractivity contribution in [2.75, 3.05) is 51.3 Å². The van der Waals surface area contributed by atoms with Gasteiger partial charge in [-0.3, -0.25) is 0 Å². The van der Waals surface area contributed by atoms with Crippen molar-refractivity contribution in [2.24, 2.45) is 0 Å². The molecule has 1 aromatic carbocycles. The molecule has 2 saturated heterocycles. The van der Waals surface area contributed by atoms with Gasteiger partial charge in [-0.2, -0.15) is 5.26 Å². The van der Waals surface area contributed by atoms with Crippen LogP contribution in [-0.2, 0) is 14.8 Å². The predicted octanol–water partition coefficient (Wildman–Crippen LogP) is -1.30. The van der Waals surface area contributed by atoms with Gasteiger partial charge in [0.2, 0.25) is 0 Å². The minimum Gasteiger partial charge on any atom is -0.388 e. The molecule has 0 aliphatic carbocycles. The van der Waals surface area contributed by atoms with Gasteiger partial charge in [-0.25, -0.2) is 13.1 Å². The van der Waals surface area contributed by atoms with E-state index in [1.807, 2.05) is 12.1 Å². The van der Waals surface area contributed by atoms with E-state index in [0.29, 0.717) is 5.56 Å². The number of anilines is 1. The van der Waals surface area contributed by atoms with E-state index < -0.39 is 39.3 Å². The van der Waals surface area contributed by atoms with Gasteiger partial charge in [0.25, 0.3) is 10.0 Å². The third-order valence-electron chi connectivity index (χ3n) is 5.54. The topological polar surface area (TPSA) is 146 Å². The summed E-state index contributed by atoms with van der Waals surface area (Å²) in [5.41, 5.74) is 1.60. The van der Waals surface area contributed by atoms with E-state index >= 15 is 0 Å². The molecule has 0 saturated carbocycles. The van der Waals surface area contributed by atoms with E-state index in [1.165, 1.54) is 6.08 Å². The maximum atomic E-state index is 12.5. The second-order valence-corrected chi connectivity index (χ2v) is 9.51. The van der Waals surface area contributed by atoms with Crippen molar-refractivity contribution < 1.29 is 28.5 Å². The lowest BCUT2D eigenvalue weighted by Crippen LogP contribution is -2.56. The van der Waals surface area contributed by atoms with Crippen LogP contribution in [0.15, 0.2) is 29.2 Å². The quantitative estimate of drug-likeness (QED) is 0.387. The first-order valence-corrected chi connectivity index (χ1v) is 11.5. The van der Waals surface area contributed by atoms with Crippen molar-refractivity contribution in [3.63, 3.8) is 0 Å². The fourth-order valence-corrected chi connectivity index (χ4v) is 4.43. The molecule has 0 aromatic heterocycles. The number of nitrogens with zero attached hydrogens (tertiary/aromatic N) is 3. The zero-order valence-electron chi connectivity index (χ0n) is 17.3. The van der Waals surface area contributed by atoms with Crippen molar-refractivity contribution in [2.45, 2.75) is 24.4 Å². The lowest BCUT2D eigenvalue weighted by molar-refractivity contribution is -0.184. The number of aliphatic hydroxyl groups excluding tert-OH is 3. The lowest BCUT2D eigenvalue weighted by Gasteiger charge is -2.35. The van der Waals surface area contributed by atoms with E-state index in [2.05, 4.69) is 21.6 Å². The number of piperazine rings is 1. The molecule has 3 rings (SSSR count). The molecule has 4 N–H and O–H groups in total. The zero-order valence-corrected chi connectivity index (χ0v) is 18.1. The summed E-state index contributed by atoms with van der Waals surface area (Å²) in [4.78, 5) is 4.02. The van der Waals surface area contributed by atoms with E-state index in [9.17, 15) is 29.0 Å². The van der Waals surface area contributed by atoms with Crippen LogP contribution in [0.2, 0.25) is 0 Å². The zero-order chi connectivity index (χ0) is 22.6. The molecule has 0 bridgehead atoms. The average molecular weight is 453 g/mol. The molecule has 11 heteroatoms. The largest absolute Gasteiger partial charge is 0.388 e. The van der Waals surface area contributed by atoms with Crippen LogP contribution in [0.1, 0.15) is 5.56 Å². The molecule has 10 nitrogen and oxygen atoms in total. The summed E-state index contributed by atoms with van der Waals surface area (Å²) in [5.74, 6) is 0. The van der Waals surface area contributed by atoms with Crippen molar-refractivity contribution in [1.82, 2.24) is 9.62 Å². The maximum Gasteiger partial charge on any atom is 0.250 e. The summed E-state index contributed by atoms with van der Waals surface area (Å²) in [6, 6.07) is 8.99. The Balaban J connectivity index is 1.65. The molecule has 2 aliphatic rings. The molecule has 2 heterocycles. The second-order valence-electron chi connectivity index (χ2n) is 7.77. The molecule has 0 amide bonds. The average Bonchev–Trinajstić information content (AvgIpc) is 2.76. The Labute approximate surface area is 182 Å². The summed E-state index contributed by atoms with van der Waals surface area (Å²) in [7, 11) is -2.08. The Kier molecular flexibility index (Phi) is 7.66. The van der Waals surface area contributed by atoms with Crippen LogP contribution in [0.25, 0.3) is 6.08 Å². The molecular formula is C20H28N4O6S. The second kappa shape index (κ2) is 10.1. The van der Waals surface area contributed by atoms with Gasteiger partial charge in [0.05, 0.1) is 12.7 Å². The van der Waals surface area contributed by atoms with Gasteiger partial charge in [0.15, 0.2) is 4.91 Å². The molecule has 2 aliphatic heterocycles. The Bertz CT molecular complexity index is 922. The summed E-state index contributed by atoms with van der Waals surface area (Å²) in [6.07, 6.45) is -3.91. The van der Waals surface area contributed by atoms with Crippen LogP contribution in [0.5, 0.6) is 0 Å². The number of aliphatic hydroxyl groups is 3. The Hall–Kier alpha value is -2.04. The number of hydrogen-bond acceptors (Lipinski definition) is 9. The number of allylic oxidation sites excluding steroid dienone is 1. The first-order chi connectivity index (χ1) is 14.7. The monoisotopic (exact) mass is 452 g/mol. The van der Waals surface area contributed by atoms with Crippen LogP contribution in [0.3, 0.4) is 0 Å². The smallest absolute Gasteiger partial charge is 0.250 e. The van der Waals surface area contributed by atoms with Crippen LogP contribution < -0.4 is 9.62 Å². The fourth-order valence-electron chi connectivity index (χ4n) is 3.48. The molecule has 0 spiro atoms. The van der Waals surface area contributed by atoms with Crippen LogP contribution in [0.4, 0.5) is 5.69 Å². The van der Waals surface area contributed by atoms with E-state index in [0.717, 1.165) is 31.9 Å². The highest BCUT2D eigenvalue weighted by Gasteiger charge is 2.38. The Morgan fingerprint density at radius 1 is 1.19 bits per heavy atom. The predicted molar refractivity (Wildman–Crippen MR) is 114 cm³/mol. The molecule has 31 heavy (non-hydrogen) atoms. The molecule has 170 valence electrons. The van der Waals surface area contributed by atoms with Gasteiger partial charge in [0.1, 0.15) is 24.4 Å². The van der Waals surface area contributed by atoms with Crippen molar-refractivity contribution in [1.29, 1.82) is 5.26 Å². The van der Waals surface area contributed by atoms with E-state index in [-0.39, 0.29) is 13.2 Å². The van der Waals surface area contributed by atoms with Crippen molar-refractivity contribution >= 4 is 21.8 Å². The lowest BCUT2D eigenvalue weighted by atomic mass is 10.0. The van der Waals surface area contributed by atoms with Crippen LogP contribution >= 0.6 is 0 Å². The number of ether oxygens (including phenoxy) is 1. The standard InChI is InChI=1S/C20H28N4O6S/c1-23-6-8-24(9-7-23)15-4-2-14(3-5-15)10-16(11-21)31(28,29)22-12-18-20(27)19(26)17(25)13-30-18/h2-5,10,17-20,22,25-27H,6-9,12-13H2,1H3/b16-10+/t17-,18+,19+,20+/m0/s1. The molecule has 4 atom stereocenters. The van der Waals surface area contributed by atoms with Gasteiger partial charge in [-0.15, -0.1) is 0 Å². The highest BCUT2D eigenvalue weighted by Crippen LogP contribution is 2.20. The minimum atomic E-state index is -4.16. The summed E-state index contributed by atoms with van der Waals surface area (Å²) >= 11 is 0. The van der Waals surface area contributed by atoms with Gasteiger partial charge >= 0.3 is 0 Å². The molecule has 1 aromatic rings. The Morgan fingerprint density at radius 3 is 2.45 bits per heavy atom. The Morgan fingerprint density at radius 2 is 1.84 bits per heavy atom. The van der Waals surface area contributed by atoms with Crippen molar-refractivity contribution in [3.05, 3.63) is 34.7 Å². The normalized spacial score (nSPS) is 28.4. The first kappa shape index (κ1) is 23.6. The van der Waals surface area contributed by atoms with Gasteiger partial charge in [-0.05, 0) is 30.8 Å².